The molecule has 0 fully saturated rings. The molecule has 0 aliphatic carbocycles. The summed E-state index contributed by atoms with van der Waals surface area (Å²) in [6.07, 6.45) is 4.29. The van der Waals surface area contributed by atoms with Crippen molar-refractivity contribution in [1.82, 2.24) is 14.5 Å². The summed E-state index contributed by atoms with van der Waals surface area (Å²) in [6, 6.07) is 1.95. The van der Waals surface area contributed by atoms with Crippen LogP contribution in [0.4, 0.5) is 0 Å². The molecule has 0 aliphatic heterocycles. The maximum Gasteiger partial charge on any atom is 0.328 e. The lowest BCUT2D eigenvalue weighted by Crippen LogP contribution is -2.34. The van der Waals surface area contributed by atoms with Gasteiger partial charge in [-0.25, -0.2) is 4.79 Å². The van der Waals surface area contributed by atoms with Gasteiger partial charge in [0.2, 0.25) is 0 Å². The van der Waals surface area contributed by atoms with E-state index in [-0.39, 0.29) is 11.5 Å². The second-order valence-electron chi connectivity index (χ2n) is 5.74. The third kappa shape index (κ3) is 3.04. The van der Waals surface area contributed by atoms with E-state index in [1.807, 2.05) is 33.8 Å². The average molecular weight is 313 g/mol. The minimum Gasteiger partial charge on any atom is -0.293 e. The van der Waals surface area contributed by atoms with Crippen LogP contribution in [0.5, 0.6) is 0 Å². The molecule has 2 aromatic heterocycles. The van der Waals surface area contributed by atoms with Gasteiger partial charge in [0, 0.05) is 29.6 Å². The first-order valence-corrected chi connectivity index (χ1v) is 7.93. The van der Waals surface area contributed by atoms with Crippen LogP contribution in [0.25, 0.3) is 17.3 Å². The van der Waals surface area contributed by atoms with Gasteiger partial charge < -0.3 is 0 Å². The van der Waals surface area contributed by atoms with Crippen LogP contribution in [0.3, 0.4) is 0 Å². The normalized spacial score (nSPS) is 11.0. The van der Waals surface area contributed by atoms with E-state index in [4.69, 9.17) is 0 Å². The molecule has 0 spiro atoms. The summed E-state index contributed by atoms with van der Waals surface area (Å²) < 4.78 is 1.59. The molecule has 1 N–H and O–H groups in total. The van der Waals surface area contributed by atoms with Gasteiger partial charge >= 0.3 is 5.69 Å². The molecule has 0 saturated heterocycles. The zero-order valence-electron chi connectivity index (χ0n) is 14.1. The monoisotopic (exact) mass is 313 g/mol. The summed E-state index contributed by atoms with van der Waals surface area (Å²) in [5.41, 5.74) is 3.18. The largest absolute Gasteiger partial charge is 0.328 e. The maximum absolute atomic E-state index is 12.3. The molecule has 5 nitrogen and oxygen atoms in total. The molecule has 0 amide bonds. The Morgan fingerprint density at radius 1 is 1.35 bits per heavy atom. The third-order valence-corrected chi connectivity index (χ3v) is 3.96. The van der Waals surface area contributed by atoms with Gasteiger partial charge in [-0.2, -0.15) is 0 Å². The second-order valence-corrected chi connectivity index (χ2v) is 5.74. The van der Waals surface area contributed by atoms with Crippen LogP contribution in [-0.2, 0) is 13.0 Å². The van der Waals surface area contributed by atoms with Crippen molar-refractivity contribution in [1.29, 1.82) is 0 Å². The number of hydrogen-bond donors (Lipinski definition) is 1. The molecular weight excluding hydrogens is 290 g/mol. The van der Waals surface area contributed by atoms with E-state index in [0.29, 0.717) is 17.8 Å². The van der Waals surface area contributed by atoms with Gasteiger partial charge in [-0.15, -0.1) is 0 Å². The molecule has 0 aliphatic rings. The smallest absolute Gasteiger partial charge is 0.293 e. The zero-order chi connectivity index (χ0) is 17.1. The first-order valence-electron chi connectivity index (χ1n) is 7.93. The summed E-state index contributed by atoms with van der Waals surface area (Å²) in [7, 11) is 0. The fraction of sp³-hybridized carbons (Fsp3) is 0.389. The summed E-state index contributed by atoms with van der Waals surface area (Å²) in [6.45, 7) is 12.1. The predicted molar refractivity (Wildman–Crippen MR) is 93.8 cm³/mol. The van der Waals surface area contributed by atoms with Crippen LogP contribution in [0, 0.1) is 0 Å². The van der Waals surface area contributed by atoms with Crippen molar-refractivity contribution in [3.63, 3.8) is 0 Å². The minimum atomic E-state index is -0.392. The number of nitrogens with one attached hydrogen (secondary N) is 1. The molecule has 0 unspecified atom stereocenters. The van der Waals surface area contributed by atoms with Gasteiger partial charge in [0.25, 0.3) is 5.56 Å². The first-order chi connectivity index (χ1) is 10.9. The van der Waals surface area contributed by atoms with Crippen molar-refractivity contribution in [3.05, 3.63) is 56.5 Å². The molecule has 122 valence electrons. The minimum absolute atomic E-state index is 0.00909. The van der Waals surface area contributed by atoms with Crippen molar-refractivity contribution in [3.8, 4) is 11.3 Å². The lowest BCUT2D eigenvalue weighted by molar-refractivity contribution is 0.678. The molecule has 0 bridgehead atoms. The SMILES string of the molecule is C=Cc1cc(-c2c(C(C)C)c(=O)[nH]c(=O)n2CC)cnc1CC. The Labute approximate surface area is 135 Å². The highest BCUT2D eigenvalue weighted by molar-refractivity contribution is 5.67. The molecule has 5 heteroatoms. The lowest BCUT2D eigenvalue weighted by Gasteiger charge is -2.18. The van der Waals surface area contributed by atoms with Gasteiger partial charge in [-0.3, -0.25) is 19.3 Å². The number of pyridine rings is 1. The number of aromatic amines is 1. The van der Waals surface area contributed by atoms with E-state index in [1.165, 1.54) is 0 Å². The highest BCUT2D eigenvalue weighted by atomic mass is 16.2. The Bertz CT molecular complexity index is 844. The molecule has 23 heavy (non-hydrogen) atoms. The Morgan fingerprint density at radius 2 is 2.04 bits per heavy atom. The maximum atomic E-state index is 12.3. The van der Waals surface area contributed by atoms with E-state index in [2.05, 4.69) is 16.5 Å². The summed E-state index contributed by atoms with van der Waals surface area (Å²) >= 11 is 0. The Kier molecular flexibility index (Phi) is 4.98. The van der Waals surface area contributed by atoms with Crippen molar-refractivity contribution < 1.29 is 0 Å². The summed E-state index contributed by atoms with van der Waals surface area (Å²) in [5.74, 6) is -0.00909. The molecule has 2 heterocycles. The fourth-order valence-corrected chi connectivity index (χ4v) is 2.85. The van der Waals surface area contributed by atoms with Crippen LogP contribution in [-0.4, -0.2) is 14.5 Å². The molecule has 0 atom stereocenters. The van der Waals surface area contributed by atoms with Crippen LogP contribution in [0.15, 0.2) is 28.4 Å². The van der Waals surface area contributed by atoms with Gasteiger partial charge in [0.15, 0.2) is 0 Å². The zero-order valence-corrected chi connectivity index (χ0v) is 14.1. The number of H-pyrrole nitrogens is 1. The molecular formula is C18H23N3O2. The predicted octanol–water partition coefficient (Wildman–Crippen LogP) is 2.95. The van der Waals surface area contributed by atoms with Gasteiger partial charge in [-0.05, 0) is 30.9 Å². The second kappa shape index (κ2) is 6.77. The molecule has 0 aromatic carbocycles. The highest BCUT2D eigenvalue weighted by Crippen LogP contribution is 2.27. The molecule has 2 aromatic rings. The van der Waals surface area contributed by atoms with E-state index in [0.717, 1.165) is 23.2 Å². The van der Waals surface area contributed by atoms with Gasteiger partial charge in [-0.1, -0.05) is 33.4 Å². The van der Waals surface area contributed by atoms with E-state index in [9.17, 15) is 9.59 Å². The van der Waals surface area contributed by atoms with Gasteiger partial charge in [0.1, 0.15) is 0 Å². The van der Waals surface area contributed by atoms with Crippen molar-refractivity contribution in [2.75, 3.05) is 0 Å². The number of hydrogen-bond acceptors (Lipinski definition) is 3. The Hall–Kier alpha value is -2.43. The fourth-order valence-electron chi connectivity index (χ4n) is 2.85. The van der Waals surface area contributed by atoms with Crippen LogP contribution in [0.2, 0.25) is 0 Å². The number of aromatic nitrogens is 3. The van der Waals surface area contributed by atoms with Crippen molar-refractivity contribution in [2.45, 2.75) is 46.6 Å². The lowest BCUT2D eigenvalue weighted by atomic mass is 9.97. The van der Waals surface area contributed by atoms with Crippen LogP contribution < -0.4 is 11.2 Å². The Morgan fingerprint density at radius 3 is 2.57 bits per heavy atom. The molecule has 0 saturated carbocycles. The van der Waals surface area contributed by atoms with Crippen LogP contribution >= 0.6 is 0 Å². The van der Waals surface area contributed by atoms with E-state index >= 15 is 0 Å². The van der Waals surface area contributed by atoms with E-state index in [1.54, 1.807) is 16.8 Å². The first kappa shape index (κ1) is 16.9. The van der Waals surface area contributed by atoms with E-state index < -0.39 is 5.69 Å². The third-order valence-electron chi connectivity index (χ3n) is 3.96. The topological polar surface area (TPSA) is 67.8 Å². The number of nitrogens with zero attached hydrogens (tertiary/aromatic N) is 2. The molecule has 2 rings (SSSR count). The summed E-state index contributed by atoms with van der Waals surface area (Å²) in [5, 5.41) is 0. The highest BCUT2D eigenvalue weighted by Gasteiger charge is 2.19. The van der Waals surface area contributed by atoms with Gasteiger partial charge in [0.05, 0.1) is 5.69 Å². The van der Waals surface area contributed by atoms with Crippen molar-refractivity contribution in [2.24, 2.45) is 0 Å². The quantitative estimate of drug-likeness (QED) is 0.923. The number of rotatable bonds is 5. The van der Waals surface area contributed by atoms with Crippen molar-refractivity contribution >= 4 is 6.08 Å². The average Bonchev–Trinajstić information content (AvgIpc) is 2.53. The summed E-state index contributed by atoms with van der Waals surface area (Å²) in [4.78, 5) is 31.4. The number of aryl methyl sites for hydroxylation is 1. The Balaban J connectivity index is 2.89. The standard InChI is InChI=1S/C18H23N3O2/c1-6-12-9-13(10-19-14(12)7-2)16-15(11(4)5)17(22)20-18(23)21(16)8-3/h6,9-11H,1,7-8H2,2-5H3,(H,20,22,23). The van der Waals surface area contributed by atoms with Crippen LogP contribution in [0.1, 0.15) is 50.4 Å². The molecule has 0 radical (unpaired) electrons.